The molecular weight excluding hydrogens is 296 g/mol. The number of carbonyl (C=O) groups excluding carboxylic acids is 2. The number of nitrogens with one attached hydrogen (secondary N) is 2. The normalized spacial score (nSPS) is 13.1. The SMILES string of the molecule is CCOC(=O)C(NC(=O)NCCCl)C(O)c1ccccc1. The molecule has 2 amide bonds. The van der Waals surface area contributed by atoms with Crippen molar-refractivity contribution in [3.05, 3.63) is 35.9 Å². The van der Waals surface area contributed by atoms with E-state index in [1.54, 1.807) is 37.3 Å². The molecule has 2 atom stereocenters. The van der Waals surface area contributed by atoms with E-state index in [2.05, 4.69) is 10.6 Å². The van der Waals surface area contributed by atoms with Gasteiger partial charge in [0, 0.05) is 12.4 Å². The highest BCUT2D eigenvalue weighted by atomic mass is 35.5. The van der Waals surface area contributed by atoms with Crippen molar-refractivity contribution in [1.82, 2.24) is 10.6 Å². The molecule has 0 fully saturated rings. The van der Waals surface area contributed by atoms with Crippen LogP contribution >= 0.6 is 11.6 Å². The third-order valence-electron chi connectivity index (χ3n) is 2.66. The first-order valence-corrected chi connectivity index (χ1v) is 7.13. The van der Waals surface area contributed by atoms with Crippen LogP contribution in [0.3, 0.4) is 0 Å². The number of amides is 2. The molecule has 0 aliphatic carbocycles. The van der Waals surface area contributed by atoms with Crippen LogP contribution < -0.4 is 10.6 Å². The van der Waals surface area contributed by atoms with E-state index >= 15 is 0 Å². The number of rotatable bonds is 7. The molecular formula is C14H19ClN2O4. The van der Waals surface area contributed by atoms with Crippen LogP contribution in [0.15, 0.2) is 30.3 Å². The van der Waals surface area contributed by atoms with E-state index in [1.165, 1.54) is 0 Å². The van der Waals surface area contributed by atoms with Gasteiger partial charge in [0.25, 0.3) is 0 Å². The molecule has 0 heterocycles. The van der Waals surface area contributed by atoms with Gasteiger partial charge >= 0.3 is 12.0 Å². The molecule has 2 unspecified atom stereocenters. The molecule has 1 aromatic rings. The summed E-state index contributed by atoms with van der Waals surface area (Å²) in [5.74, 6) is -0.450. The summed E-state index contributed by atoms with van der Waals surface area (Å²) >= 11 is 5.47. The molecule has 0 saturated carbocycles. The second-order valence-corrected chi connectivity index (χ2v) is 4.55. The molecule has 0 saturated heterocycles. The van der Waals surface area contributed by atoms with Crippen LogP contribution in [0.2, 0.25) is 0 Å². The van der Waals surface area contributed by atoms with Crippen molar-refractivity contribution in [2.45, 2.75) is 19.1 Å². The van der Waals surface area contributed by atoms with Gasteiger partial charge in [-0.2, -0.15) is 0 Å². The van der Waals surface area contributed by atoms with Crippen LogP contribution in [0.25, 0.3) is 0 Å². The van der Waals surface area contributed by atoms with Crippen molar-refractivity contribution < 1.29 is 19.4 Å². The van der Waals surface area contributed by atoms with E-state index in [9.17, 15) is 14.7 Å². The Morgan fingerprint density at radius 2 is 2.00 bits per heavy atom. The first-order valence-electron chi connectivity index (χ1n) is 6.60. The number of ether oxygens (including phenoxy) is 1. The highest BCUT2D eigenvalue weighted by Crippen LogP contribution is 2.17. The average molecular weight is 315 g/mol. The Morgan fingerprint density at radius 3 is 2.57 bits per heavy atom. The van der Waals surface area contributed by atoms with Crippen LogP contribution in [-0.4, -0.2) is 42.2 Å². The zero-order valence-electron chi connectivity index (χ0n) is 11.7. The molecule has 0 spiro atoms. The molecule has 3 N–H and O–H groups in total. The number of carbonyl (C=O) groups is 2. The molecule has 6 nitrogen and oxygen atoms in total. The second kappa shape index (κ2) is 9.20. The smallest absolute Gasteiger partial charge is 0.331 e. The lowest BCUT2D eigenvalue weighted by atomic mass is 10.0. The van der Waals surface area contributed by atoms with Crippen LogP contribution in [0.5, 0.6) is 0 Å². The number of urea groups is 1. The lowest BCUT2D eigenvalue weighted by Gasteiger charge is -2.22. The number of aliphatic hydroxyl groups excluding tert-OH is 1. The molecule has 116 valence electrons. The highest BCUT2D eigenvalue weighted by Gasteiger charge is 2.30. The summed E-state index contributed by atoms with van der Waals surface area (Å²) in [6, 6.07) is 6.79. The van der Waals surface area contributed by atoms with Gasteiger partial charge in [0.05, 0.1) is 6.61 Å². The summed E-state index contributed by atoms with van der Waals surface area (Å²) in [7, 11) is 0. The maximum Gasteiger partial charge on any atom is 0.331 e. The first kappa shape index (κ1) is 17.3. The Balaban J connectivity index is 2.81. The molecule has 7 heteroatoms. The Kier molecular flexibility index (Phi) is 7.56. The van der Waals surface area contributed by atoms with Crippen LogP contribution in [0, 0.1) is 0 Å². The summed E-state index contributed by atoms with van der Waals surface area (Å²) in [6.45, 7) is 2.06. The minimum Gasteiger partial charge on any atom is -0.464 e. The number of aliphatic hydroxyl groups is 1. The van der Waals surface area contributed by atoms with E-state index in [0.29, 0.717) is 5.56 Å². The van der Waals surface area contributed by atoms with Crippen molar-refractivity contribution in [3.8, 4) is 0 Å². The maximum absolute atomic E-state index is 11.9. The Hall–Kier alpha value is -1.79. The van der Waals surface area contributed by atoms with Gasteiger partial charge in [0.2, 0.25) is 0 Å². The number of esters is 1. The van der Waals surface area contributed by atoms with Gasteiger partial charge in [-0.1, -0.05) is 30.3 Å². The van der Waals surface area contributed by atoms with Gasteiger partial charge in [-0.25, -0.2) is 9.59 Å². The third kappa shape index (κ3) is 5.61. The monoisotopic (exact) mass is 314 g/mol. The summed E-state index contributed by atoms with van der Waals surface area (Å²) < 4.78 is 4.88. The minimum atomic E-state index is -1.20. The quantitative estimate of drug-likeness (QED) is 0.521. The number of hydrogen-bond donors (Lipinski definition) is 3. The molecule has 0 bridgehead atoms. The van der Waals surface area contributed by atoms with Gasteiger partial charge in [0.1, 0.15) is 6.10 Å². The van der Waals surface area contributed by atoms with E-state index < -0.39 is 24.1 Å². The molecule has 1 rings (SSSR count). The van der Waals surface area contributed by atoms with E-state index in [1.807, 2.05) is 0 Å². The lowest BCUT2D eigenvalue weighted by Crippen LogP contribution is -2.50. The zero-order valence-corrected chi connectivity index (χ0v) is 12.5. The van der Waals surface area contributed by atoms with Gasteiger partial charge in [-0.3, -0.25) is 0 Å². The maximum atomic E-state index is 11.9. The fourth-order valence-corrected chi connectivity index (χ4v) is 1.79. The zero-order chi connectivity index (χ0) is 15.7. The Bertz CT molecular complexity index is 456. The van der Waals surface area contributed by atoms with E-state index in [-0.39, 0.29) is 19.0 Å². The topological polar surface area (TPSA) is 87.7 Å². The van der Waals surface area contributed by atoms with Crippen LogP contribution in [-0.2, 0) is 9.53 Å². The van der Waals surface area contributed by atoms with Crippen molar-refractivity contribution in [3.63, 3.8) is 0 Å². The van der Waals surface area contributed by atoms with E-state index in [0.717, 1.165) is 0 Å². The standard InChI is InChI=1S/C14H19ClN2O4/c1-2-21-13(19)11(17-14(20)16-9-8-15)12(18)10-6-4-3-5-7-10/h3-7,11-12,18H,2,8-9H2,1H3,(H2,16,17,20). The van der Waals surface area contributed by atoms with Crippen molar-refractivity contribution in [1.29, 1.82) is 0 Å². The molecule has 0 aliphatic heterocycles. The number of halogens is 1. The molecule has 1 aromatic carbocycles. The van der Waals surface area contributed by atoms with Gasteiger partial charge < -0.3 is 20.5 Å². The molecule has 0 aliphatic rings. The van der Waals surface area contributed by atoms with Gasteiger partial charge in [-0.15, -0.1) is 11.6 Å². The van der Waals surface area contributed by atoms with Gasteiger partial charge in [-0.05, 0) is 12.5 Å². The fraction of sp³-hybridized carbons (Fsp3) is 0.429. The Morgan fingerprint density at radius 1 is 1.33 bits per heavy atom. The largest absolute Gasteiger partial charge is 0.464 e. The Labute approximate surface area is 128 Å². The fourth-order valence-electron chi connectivity index (χ4n) is 1.69. The third-order valence-corrected chi connectivity index (χ3v) is 2.85. The van der Waals surface area contributed by atoms with Gasteiger partial charge in [0.15, 0.2) is 6.04 Å². The number of alkyl halides is 1. The summed E-state index contributed by atoms with van der Waals surface area (Å²) in [6.07, 6.45) is -1.20. The number of benzene rings is 1. The van der Waals surface area contributed by atoms with Crippen molar-refractivity contribution in [2.24, 2.45) is 0 Å². The van der Waals surface area contributed by atoms with E-state index in [4.69, 9.17) is 16.3 Å². The first-order chi connectivity index (χ1) is 10.1. The predicted molar refractivity (Wildman–Crippen MR) is 79.1 cm³/mol. The van der Waals surface area contributed by atoms with Crippen molar-refractivity contribution >= 4 is 23.6 Å². The molecule has 0 aromatic heterocycles. The molecule has 21 heavy (non-hydrogen) atoms. The summed E-state index contributed by atoms with van der Waals surface area (Å²) in [5, 5.41) is 15.1. The highest BCUT2D eigenvalue weighted by molar-refractivity contribution is 6.18. The lowest BCUT2D eigenvalue weighted by molar-refractivity contribution is -0.148. The average Bonchev–Trinajstić information content (AvgIpc) is 2.51. The predicted octanol–water partition coefficient (Wildman–Crippen LogP) is 1.19. The molecule has 0 radical (unpaired) electrons. The van der Waals surface area contributed by atoms with Crippen molar-refractivity contribution in [2.75, 3.05) is 19.0 Å². The second-order valence-electron chi connectivity index (χ2n) is 4.17. The van der Waals surface area contributed by atoms with Crippen LogP contribution in [0.1, 0.15) is 18.6 Å². The summed E-state index contributed by atoms with van der Waals surface area (Å²) in [4.78, 5) is 23.6. The summed E-state index contributed by atoms with van der Waals surface area (Å²) in [5.41, 5.74) is 0.508. The minimum absolute atomic E-state index is 0.155. The number of hydrogen-bond acceptors (Lipinski definition) is 4. The van der Waals surface area contributed by atoms with Crippen LogP contribution in [0.4, 0.5) is 4.79 Å².